The fourth-order valence-corrected chi connectivity index (χ4v) is 0.307. The number of ether oxygens (including phenoxy) is 1. The SMILES string of the molecule is BrOC1CO1. The van der Waals surface area contributed by atoms with E-state index in [-0.39, 0.29) is 6.29 Å². The van der Waals surface area contributed by atoms with Crippen molar-refractivity contribution >= 4 is 16.3 Å². The van der Waals surface area contributed by atoms with Gasteiger partial charge in [0.05, 0.1) is 0 Å². The van der Waals surface area contributed by atoms with Crippen molar-refractivity contribution in [2.75, 3.05) is 6.61 Å². The third-order valence-electron chi connectivity index (χ3n) is 0.402. The predicted octanol–water partition coefficient (Wildman–Crippen LogP) is 0.669. The second-order valence-electron chi connectivity index (χ2n) is 0.852. The summed E-state index contributed by atoms with van der Waals surface area (Å²) in [6, 6.07) is 0. The Hall–Kier alpha value is 0.400. The zero-order valence-electron chi connectivity index (χ0n) is 2.48. The van der Waals surface area contributed by atoms with Gasteiger partial charge in [-0.1, -0.05) is 0 Å². The molecule has 0 radical (unpaired) electrons. The molecule has 0 spiro atoms. The van der Waals surface area contributed by atoms with Gasteiger partial charge in [-0.2, -0.15) is 0 Å². The molecule has 1 rings (SSSR count). The van der Waals surface area contributed by atoms with E-state index >= 15 is 0 Å². The van der Waals surface area contributed by atoms with E-state index < -0.39 is 0 Å². The van der Waals surface area contributed by atoms with Crippen LogP contribution in [0.1, 0.15) is 0 Å². The lowest BCUT2D eigenvalue weighted by Gasteiger charge is -1.72. The molecule has 1 atom stereocenters. The van der Waals surface area contributed by atoms with Gasteiger partial charge in [-0.25, -0.2) is 0 Å². The van der Waals surface area contributed by atoms with Crippen LogP contribution in [0, 0.1) is 0 Å². The van der Waals surface area contributed by atoms with Gasteiger partial charge in [0.15, 0.2) is 6.29 Å². The van der Waals surface area contributed by atoms with E-state index in [1.807, 2.05) is 0 Å². The van der Waals surface area contributed by atoms with Gasteiger partial charge < -0.3 is 4.74 Å². The van der Waals surface area contributed by atoms with Gasteiger partial charge in [-0.15, -0.1) is 0 Å². The normalized spacial score (nSPS) is 34.2. The number of hydrogen-bond acceptors (Lipinski definition) is 2. The molecule has 5 heavy (non-hydrogen) atoms. The minimum Gasteiger partial charge on any atom is -0.344 e. The zero-order chi connectivity index (χ0) is 3.70. The van der Waals surface area contributed by atoms with Gasteiger partial charge in [-0.05, 0) is 0 Å². The summed E-state index contributed by atoms with van der Waals surface area (Å²) in [5.41, 5.74) is 0. The topological polar surface area (TPSA) is 21.8 Å². The Labute approximate surface area is 38.5 Å². The first-order chi connectivity index (χ1) is 2.43. The molecular formula is C2H3BrO2. The molecule has 1 heterocycles. The van der Waals surface area contributed by atoms with Crippen LogP contribution in [0.2, 0.25) is 0 Å². The van der Waals surface area contributed by atoms with Crippen LogP contribution in [-0.4, -0.2) is 12.9 Å². The highest BCUT2D eigenvalue weighted by Crippen LogP contribution is 2.12. The minimum atomic E-state index is 0.0509. The Bertz CT molecular complexity index is 34.6. The molecule has 0 aromatic rings. The molecule has 0 aromatic carbocycles. The second kappa shape index (κ2) is 1.24. The molecule has 0 N–H and O–H groups in total. The summed E-state index contributed by atoms with van der Waals surface area (Å²) >= 11 is 2.75. The Kier molecular flexibility index (Phi) is 0.890. The highest BCUT2D eigenvalue weighted by molar-refractivity contribution is 9.06. The average Bonchev–Trinajstić information content (AvgIpc) is 2.12. The van der Waals surface area contributed by atoms with Gasteiger partial charge in [-0.3, -0.25) is 3.83 Å². The van der Waals surface area contributed by atoms with E-state index in [0.29, 0.717) is 0 Å². The largest absolute Gasteiger partial charge is 0.344 e. The summed E-state index contributed by atoms with van der Waals surface area (Å²) < 4.78 is 9.04. The molecule has 1 aliphatic heterocycles. The number of epoxide rings is 1. The number of rotatable bonds is 1. The predicted molar refractivity (Wildman–Crippen MR) is 19.8 cm³/mol. The summed E-state index contributed by atoms with van der Waals surface area (Å²) in [5.74, 6) is 0. The molecule has 0 amide bonds. The van der Waals surface area contributed by atoms with Gasteiger partial charge >= 0.3 is 0 Å². The molecule has 1 aliphatic rings. The summed E-state index contributed by atoms with van der Waals surface area (Å²) in [5, 5.41) is 0. The molecule has 3 heteroatoms. The minimum absolute atomic E-state index is 0.0509. The van der Waals surface area contributed by atoms with E-state index in [1.54, 1.807) is 0 Å². The molecular weight excluding hydrogens is 136 g/mol. The van der Waals surface area contributed by atoms with E-state index in [9.17, 15) is 0 Å². The maximum atomic E-state index is 4.59. The Morgan fingerprint density at radius 1 is 2.00 bits per heavy atom. The third kappa shape index (κ3) is 0.869. The highest BCUT2D eigenvalue weighted by Gasteiger charge is 2.21. The zero-order valence-corrected chi connectivity index (χ0v) is 4.06. The first-order valence-electron chi connectivity index (χ1n) is 1.32. The van der Waals surface area contributed by atoms with Crippen molar-refractivity contribution in [2.45, 2.75) is 6.29 Å². The van der Waals surface area contributed by atoms with Crippen LogP contribution in [0.15, 0.2) is 0 Å². The maximum Gasteiger partial charge on any atom is 0.194 e. The molecule has 0 aromatic heterocycles. The Balaban J connectivity index is 2.00. The van der Waals surface area contributed by atoms with E-state index in [4.69, 9.17) is 0 Å². The molecule has 0 saturated carbocycles. The first kappa shape index (κ1) is 3.59. The summed E-state index contributed by atoms with van der Waals surface area (Å²) in [4.78, 5) is 0. The van der Waals surface area contributed by atoms with Crippen molar-refractivity contribution in [3.63, 3.8) is 0 Å². The summed E-state index contributed by atoms with van der Waals surface area (Å²) in [6.07, 6.45) is 0.0509. The van der Waals surface area contributed by atoms with Crippen LogP contribution < -0.4 is 0 Å². The molecule has 1 saturated heterocycles. The van der Waals surface area contributed by atoms with Crippen molar-refractivity contribution in [3.8, 4) is 0 Å². The van der Waals surface area contributed by atoms with Crippen LogP contribution in [0.3, 0.4) is 0 Å². The molecule has 2 nitrogen and oxygen atoms in total. The van der Waals surface area contributed by atoms with Gasteiger partial charge in [0.2, 0.25) is 0 Å². The van der Waals surface area contributed by atoms with Crippen molar-refractivity contribution in [3.05, 3.63) is 0 Å². The second-order valence-corrected chi connectivity index (χ2v) is 1.23. The molecule has 1 unspecified atom stereocenters. The van der Waals surface area contributed by atoms with Gasteiger partial charge in [0.1, 0.15) is 22.9 Å². The van der Waals surface area contributed by atoms with Gasteiger partial charge in [0.25, 0.3) is 0 Å². The van der Waals surface area contributed by atoms with E-state index in [0.717, 1.165) is 6.61 Å². The van der Waals surface area contributed by atoms with Crippen molar-refractivity contribution in [1.82, 2.24) is 0 Å². The summed E-state index contributed by atoms with van der Waals surface area (Å²) in [6.45, 7) is 0.741. The van der Waals surface area contributed by atoms with Crippen molar-refractivity contribution in [1.29, 1.82) is 0 Å². The number of hydrogen-bond donors (Lipinski definition) is 0. The standard InChI is InChI=1S/C2H3BrO2/c3-5-2-1-4-2/h2H,1H2. The lowest BCUT2D eigenvalue weighted by Crippen LogP contribution is -1.75. The summed E-state index contributed by atoms with van der Waals surface area (Å²) in [7, 11) is 0. The highest BCUT2D eigenvalue weighted by atomic mass is 79.9. The molecule has 0 bridgehead atoms. The smallest absolute Gasteiger partial charge is 0.194 e. The molecule has 0 aliphatic carbocycles. The fraction of sp³-hybridized carbons (Fsp3) is 1.00. The molecule has 1 fully saturated rings. The van der Waals surface area contributed by atoms with Crippen LogP contribution in [0.25, 0.3) is 0 Å². The lowest BCUT2D eigenvalue weighted by molar-refractivity contribution is 0.222. The van der Waals surface area contributed by atoms with E-state index in [2.05, 4.69) is 24.8 Å². The van der Waals surface area contributed by atoms with E-state index in [1.165, 1.54) is 0 Å². The first-order valence-corrected chi connectivity index (χ1v) is 1.97. The Morgan fingerprint density at radius 2 is 2.60 bits per heavy atom. The monoisotopic (exact) mass is 138 g/mol. The average molecular weight is 139 g/mol. The Morgan fingerprint density at radius 3 is 2.60 bits per heavy atom. The maximum absolute atomic E-state index is 4.59. The number of halogens is 1. The van der Waals surface area contributed by atoms with Crippen LogP contribution in [-0.2, 0) is 8.57 Å². The molecule has 30 valence electrons. The quantitative estimate of drug-likeness (QED) is 0.498. The van der Waals surface area contributed by atoms with Crippen LogP contribution in [0.5, 0.6) is 0 Å². The fourth-order valence-electron chi connectivity index (χ4n) is 0.0907. The van der Waals surface area contributed by atoms with Gasteiger partial charge in [0, 0.05) is 0 Å². The lowest BCUT2D eigenvalue weighted by atomic mass is 10.9. The van der Waals surface area contributed by atoms with Crippen molar-refractivity contribution < 1.29 is 8.57 Å². The van der Waals surface area contributed by atoms with Crippen LogP contribution >= 0.6 is 16.3 Å². The van der Waals surface area contributed by atoms with Crippen molar-refractivity contribution in [2.24, 2.45) is 0 Å². The third-order valence-corrected chi connectivity index (χ3v) is 0.819. The van der Waals surface area contributed by atoms with Crippen LogP contribution in [0.4, 0.5) is 0 Å².